The van der Waals surface area contributed by atoms with Crippen LogP contribution >= 0.6 is 11.6 Å². The minimum Gasteiger partial charge on any atom is -0.491 e. The Bertz CT molecular complexity index is 1570. The molecular weight excluding hydrogens is 591 g/mol. The van der Waals surface area contributed by atoms with Gasteiger partial charge in [-0.05, 0) is 106 Å². The number of ether oxygens (including phenoxy) is 1. The SMILES string of the molecule is CN1CCC2(CC1)CC(COc1cc3ncnc(Nc4ccc(F)c(Cl)c4)c3cc1NC(=O)/C=C/CN1CC3CCCC3C1)C2. The predicted octanol–water partition coefficient (Wildman–Crippen LogP) is 6.89. The van der Waals surface area contributed by atoms with Crippen molar-refractivity contribution in [2.75, 3.05) is 57.0 Å². The number of carbonyl (C=O) groups excluding carboxylic acids is 1. The first kappa shape index (κ1) is 30.4. The monoisotopic (exact) mass is 632 g/mol. The van der Waals surface area contributed by atoms with Crippen LogP contribution in [0.15, 0.2) is 48.8 Å². The molecule has 3 heterocycles. The largest absolute Gasteiger partial charge is 0.491 e. The summed E-state index contributed by atoms with van der Waals surface area (Å²) in [5, 5.41) is 7.01. The van der Waals surface area contributed by atoms with Gasteiger partial charge in [0.25, 0.3) is 0 Å². The molecule has 2 aliphatic carbocycles. The number of piperidine rings is 1. The quantitative estimate of drug-likeness (QED) is 0.249. The van der Waals surface area contributed by atoms with E-state index in [1.165, 1.54) is 76.5 Å². The van der Waals surface area contributed by atoms with E-state index in [0.29, 0.717) is 51.8 Å². The third-order valence-electron chi connectivity index (χ3n) is 10.6. The van der Waals surface area contributed by atoms with Crippen LogP contribution in [-0.2, 0) is 4.79 Å². The maximum absolute atomic E-state index is 13.8. The molecule has 8 nitrogen and oxygen atoms in total. The number of nitrogens with one attached hydrogen (secondary N) is 2. The molecule has 2 aromatic carbocycles. The molecule has 1 spiro atoms. The number of rotatable bonds is 9. The van der Waals surface area contributed by atoms with Crippen molar-refractivity contribution < 1.29 is 13.9 Å². The molecular formula is C35H42ClFN6O2. The van der Waals surface area contributed by atoms with Gasteiger partial charge in [0.05, 0.1) is 22.8 Å². The number of carbonyl (C=O) groups is 1. The van der Waals surface area contributed by atoms with Gasteiger partial charge >= 0.3 is 0 Å². The van der Waals surface area contributed by atoms with Crippen LogP contribution in [0.2, 0.25) is 5.02 Å². The highest BCUT2D eigenvalue weighted by atomic mass is 35.5. The van der Waals surface area contributed by atoms with Crippen LogP contribution in [0.25, 0.3) is 10.9 Å². The van der Waals surface area contributed by atoms with Crippen LogP contribution in [0, 0.1) is 29.0 Å². The fourth-order valence-corrected chi connectivity index (χ4v) is 8.25. The van der Waals surface area contributed by atoms with E-state index in [-0.39, 0.29) is 10.9 Å². The molecule has 1 aromatic heterocycles. The second kappa shape index (κ2) is 12.9. The van der Waals surface area contributed by atoms with Crippen molar-refractivity contribution in [2.45, 2.75) is 44.9 Å². The first-order chi connectivity index (χ1) is 21.8. The van der Waals surface area contributed by atoms with Crippen molar-refractivity contribution in [1.82, 2.24) is 19.8 Å². The lowest BCUT2D eigenvalue weighted by atomic mass is 9.58. The van der Waals surface area contributed by atoms with Crippen molar-refractivity contribution in [2.24, 2.45) is 23.2 Å². The lowest BCUT2D eigenvalue weighted by Crippen LogP contribution is -2.47. The normalized spacial score (nSPS) is 23.4. The minimum absolute atomic E-state index is 0.0175. The number of anilines is 3. The minimum atomic E-state index is -0.490. The summed E-state index contributed by atoms with van der Waals surface area (Å²) in [4.78, 5) is 27.0. The fraction of sp³-hybridized carbons (Fsp3) is 0.514. The van der Waals surface area contributed by atoms with Crippen LogP contribution in [0.4, 0.5) is 21.6 Å². The van der Waals surface area contributed by atoms with E-state index in [9.17, 15) is 9.18 Å². The van der Waals surface area contributed by atoms with E-state index >= 15 is 0 Å². The maximum atomic E-state index is 13.8. The number of fused-ring (bicyclic) bond motifs is 2. The molecule has 2 N–H and O–H groups in total. The molecule has 7 rings (SSSR count). The zero-order valence-electron chi connectivity index (χ0n) is 25.9. The smallest absolute Gasteiger partial charge is 0.248 e. The number of hydrogen-bond donors (Lipinski definition) is 2. The molecule has 0 bridgehead atoms. The molecule has 2 unspecified atom stereocenters. The molecule has 0 radical (unpaired) electrons. The molecule has 4 aliphatic rings. The Labute approximate surface area is 269 Å². The zero-order chi connectivity index (χ0) is 31.0. The van der Waals surface area contributed by atoms with E-state index in [0.717, 1.165) is 31.5 Å². The second-order valence-electron chi connectivity index (χ2n) is 13.8. The van der Waals surface area contributed by atoms with Crippen LogP contribution in [0.1, 0.15) is 44.9 Å². The number of halogens is 2. The van der Waals surface area contributed by atoms with E-state index in [4.69, 9.17) is 16.3 Å². The predicted molar refractivity (Wildman–Crippen MR) is 177 cm³/mol. The summed E-state index contributed by atoms with van der Waals surface area (Å²) in [5.74, 6) is 2.56. The molecule has 2 saturated heterocycles. The lowest BCUT2D eigenvalue weighted by Gasteiger charge is -2.51. The molecule has 45 heavy (non-hydrogen) atoms. The summed E-state index contributed by atoms with van der Waals surface area (Å²) in [5.41, 5.74) is 2.30. The summed E-state index contributed by atoms with van der Waals surface area (Å²) >= 11 is 6.02. The number of nitrogens with zero attached hydrogens (tertiary/aromatic N) is 4. The zero-order valence-corrected chi connectivity index (χ0v) is 26.7. The Morgan fingerprint density at radius 2 is 1.91 bits per heavy atom. The molecule has 238 valence electrons. The highest BCUT2D eigenvalue weighted by Gasteiger charge is 2.45. The number of amides is 1. The number of hydrogen-bond acceptors (Lipinski definition) is 7. The first-order valence-corrected chi connectivity index (χ1v) is 16.7. The third kappa shape index (κ3) is 6.81. The van der Waals surface area contributed by atoms with Crippen molar-refractivity contribution in [3.63, 3.8) is 0 Å². The third-order valence-corrected chi connectivity index (χ3v) is 10.9. The van der Waals surface area contributed by atoms with Gasteiger partial charge in [-0.2, -0.15) is 0 Å². The van der Waals surface area contributed by atoms with Crippen molar-refractivity contribution in [3.8, 4) is 5.75 Å². The second-order valence-corrected chi connectivity index (χ2v) is 14.2. The number of benzene rings is 2. The highest BCUT2D eigenvalue weighted by Crippen LogP contribution is 2.52. The average Bonchev–Trinajstić information content (AvgIpc) is 3.60. The van der Waals surface area contributed by atoms with Crippen LogP contribution < -0.4 is 15.4 Å². The lowest BCUT2D eigenvalue weighted by molar-refractivity contribution is -0.111. The Balaban J connectivity index is 1.08. The topological polar surface area (TPSA) is 82.6 Å². The van der Waals surface area contributed by atoms with Crippen molar-refractivity contribution in [1.29, 1.82) is 0 Å². The summed E-state index contributed by atoms with van der Waals surface area (Å²) < 4.78 is 20.2. The van der Waals surface area contributed by atoms with Gasteiger partial charge in [-0.3, -0.25) is 9.69 Å². The molecule has 4 fully saturated rings. The maximum Gasteiger partial charge on any atom is 0.248 e. The van der Waals surface area contributed by atoms with E-state index in [1.807, 2.05) is 18.2 Å². The molecule has 2 saturated carbocycles. The van der Waals surface area contributed by atoms with Gasteiger partial charge in [-0.15, -0.1) is 0 Å². The van der Waals surface area contributed by atoms with Gasteiger partial charge in [0, 0.05) is 42.9 Å². The van der Waals surface area contributed by atoms with E-state index in [2.05, 4.69) is 37.4 Å². The van der Waals surface area contributed by atoms with Gasteiger partial charge in [0.2, 0.25) is 5.91 Å². The summed E-state index contributed by atoms with van der Waals surface area (Å²) in [7, 11) is 2.20. The number of aromatic nitrogens is 2. The van der Waals surface area contributed by atoms with E-state index in [1.54, 1.807) is 12.1 Å². The van der Waals surface area contributed by atoms with Crippen molar-refractivity contribution >= 4 is 45.6 Å². The molecule has 3 aromatic rings. The molecule has 2 aliphatic heterocycles. The standard InChI is InChI=1S/C35H42ClFN6O2/c1-42-12-9-35(10-13-42)17-23(18-35)21-45-32-16-30-27(34(39-22-38-30)40-26-7-8-29(37)28(36)14-26)15-31(32)41-33(44)6-3-11-43-19-24-4-2-5-25(24)20-43/h3,6-8,14-16,22-25H,2,4-5,9-13,17-21H2,1H3,(H,41,44)(H,38,39,40)/b6-3+. The van der Waals surface area contributed by atoms with Gasteiger partial charge < -0.3 is 20.3 Å². The fourth-order valence-electron chi connectivity index (χ4n) is 8.07. The Morgan fingerprint density at radius 1 is 1.13 bits per heavy atom. The Morgan fingerprint density at radius 3 is 2.67 bits per heavy atom. The average molecular weight is 633 g/mol. The highest BCUT2D eigenvalue weighted by molar-refractivity contribution is 6.31. The van der Waals surface area contributed by atoms with Gasteiger partial charge in [0.15, 0.2) is 0 Å². The van der Waals surface area contributed by atoms with E-state index < -0.39 is 5.82 Å². The van der Waals surface area contributed by atoms with Crippen LogP contribution in [0.5, 0.6) is 5.75 Å². The molecule has 1 amide bonds. The summed E-state index contributed by atoms with van der Waals surface area (Å²) in [6, 6.07) is 8.14. The van der Waals surface area contributed by atoms with Gasteiger partial charge in [0.1, 0.15) is 23.7 Å². The Kier molecular flexibility index (Phi) is 8.68. The van der Waals surface area contributed by atoms with Crippen molar-refractivity contribution in [3.05, 3.63) is 59.7 Å². The van der Waals surface area contributed by atoms with Crippen LogP contribution in [-0.4, -0.2) is 72.1 Å². The molecule has 10 heteroatoms. The van der Waals surface area contributed by atoms with Gasteiger partial charge in [-0.1, -0.05) is 24.1 Å². The molecule has 2 atom stereocenters. The van der Waals surface area contributed by atoms with Crippen LogP contribution in [0.3, 0.4) is 0 Å². The Hall–Kier alpha value is -3.27. The summed E-state index contributed by atoms with van der Waals surface area (Å²) in [6.45, 7) is 5.98. The van der Waals surface area contributed by atoms with Gasteiger partial charge in [-0.25, -0.2) is 14.4 Å². The first-order valence-electron chi connectivity index (χ1n) is 16.3. The number of likely N-dealkylation sites (tertiary alicyclic amines) is 2. The summed E-state index contributed by atoms with van der Waals surface area (Å²) in [6.07, 6.45) is 14.0.